The Morgan fingerprint density at radius 3 is 2.28 bits per heavy atom. The second-order valence-electron chi connectivity index (χ2n) is 9.16. The maximum absolute atomic E-state index is 12.5. The third kappa shape index (κ3) is 7.54. The molecule has 3 rings (SSSR count). The highest BCUT2D eigenvalue weighted by Gasteiger charge is 2.19. The number of aliphatic hydroxyl groups excluding tert-OH is 1. The van der Waals surface area contributed by atoms with Crippen LogP contribution in [0.1, 0.15) is 31.9 Å². The quantitative estimate of drug-likeness (QED) is 0.451. The lowest BCUT2D eigenvalue weighted by atomic mass is 9.97. The fourth-order valence-electron chi connectivity index (χ4n) is 3.65. The Morgan fingerprint density at radius 1 is 0.906 bits per heavy atom. The van der Waals surface area contributed by atoms with Gasteiger partial charge in [-0.3, -0.25) is 0 Å². The molecule has 1 amide bonds. The largest absolute Gasteiger partial charge is 0.444 e. The number of fused-ring (bicyclic) bond motifs is 1. The fraction of sp³-hybridized carbons (Fsp3) is 0.321. The van der Waals surface area contributed by atoms with Gasteiger partial charge in [0.1, 0.15) is 5.60 Å². The van der Waals surface area contributed by atoms with Crippen molar-refractivity contribution < 1.29 is 14.6 Å². The van der Waals surface area contributed by atoms with Gasteiger partial charge in [0.15, 0.2) is 0 Å². The number of carbonyl (C=O) groups excluding carboxylic acids is 1. The molecule has 32 heavy (non-hydrogen) atoms. The average molecular weight is 432 g/mol. The van der Waals surface area contributed by atoms with Gasteiger partial charge in [-0.05, 0) is 55.5 Å². The van der Waals surface area contributed by atoms with Crippen molar-refractivity contribution in [2.45, 2.75) is 45.3 Å². The monoisotopic (exact) mass is 431 g/mol. The zero-order valence-corrected chi connectivity index (χ0v) is 19.1. The smallest absolute Gasteiger partial charge is 0.408 e. The highest BCUT2D eigenvalue weighted by molar-refractivity contribution is 5.83. The van der Waals surface area contributed by atoms with Crippen molar-refractivity contribution in [1.82, 2.24) is 5.32 Å². The van der Waals surface area contributed by atoms with E-state index in [2.05, 4.69) is 47.8 Å². The van der Waals surface area contributed by atoms with Crippen molar-refractivity contribution in [3.05, 3.63) is 96.1 Å². The number of aliphatic hydroxyl groups is 1. The lowest BCUT2D eigenvalue weighted by Crippen LogP contribution is -2.39. The molecular formula is C28H33NO3. The molecule has 3 aromatic carbocycles. The van der Waals surface area contributed by atoms with Crippen LogP contribution < -0.4 is 5.32 Å². The summed E-state index contributed by atoms with van der Waals surface area (Å²) in [5, 5.41) is 15.2. The van der Waals surface area contributed by atoms with E-state index in [0.29, 0.717) is 6.42 Å². The van der Waals surface area contributed by atoms with Crippen molar-refractivity contribution in [3.8, 4) is 0 Å². The molecule has 0 spiro atoms. The molecular weight excluding hydrogens is 398 g/mol. The minimum atomic E-state index is -0.567. The molecule has 0 heterocycles. The number of amides is 1. The van der Waals surface area contributed by atoms with Gasteiger partial charge >= 0.3 is 6.09 Å². The first-order valence-corrected chi connectivity index (χ1v) is 11.1. The Balaban J connectivity index is 1.76. The number of ether oxygens (including phenoxy) is 1. The van der Waals surface area contributed by atoms with E-state index in [1.165, 1.54) is 16.3 Å². The molecule has 0 radical (unpaired) electrons. The van der Waals surface area contributed by atoms with Gasteiger partial charge in [0.05, 0.1) is 6.04 Å². The lowest BCUT2D eigenvalue weighted by molar-refractivity contribution is 0.0514. The van der Waals surface area contributed by atoms with Crippen LogP contribution >= 0.6 is 0 Å². The van der Waals surface area contributed by atoms with Crippen molar-refractivity contribution in [2.24, 2.45) is 5.92 Å². The zero-order valence-electron chi connectivity index (χ0n) is 19.1. The third-order valence-electron chi connectivity index (χ3n) is 5.16. The van der Waals surface area contributed by atoms with Gasteiger partial charge in [0, 0.05) is 12.5 Å². The summed E-state index contributed by atoms with van der Waals surface area (Å²) >= 11 is 0. The van der Waals surface area contributed by atoms with E-state index in [9.17, 15) is 9.90 Å². The Labute approximate surface area is 190 Å². The van der Waals surface area contributed by atoms with Crippen molar-refractivity contribution in [2.75, 3.05) is 6.61 Å². The highest BCUT2D eigenvalue weighted by atomic mass is 16.6. The molecule has 2 unspecified atom stereocenters. The molecule has 0 saturated carbocycles. The van der Waals surface area contributed by atoms with Gasteiger partial charge in [-0.25, -0.2) is 4.79 Å². The summed E-state index contributed by atoms with van der Waals surface area (Å²) in [7, 11) is 0. The van der Waals surface area contributed by atoms with Crippen LogP contribution in [0.25, 0.3) is 10.8 Å². The summed E-state index contributed by atoms with van der Waals surface area (Å²) < 4.78 is 5.47. The molecule has 4 nitrogen and oxygen atoms in total. The summed E-state index contributed by atoms with van der Waals surface area (Å²) in [6.07, 6.45) is 4.89. The maximum Gasteiger partial charge on any atom is 0.408 e. The normalized spacial score (nSPS) is 13.8. The van der Waals surface area contributed by atoms with E-state index in [0.717, 1.165) is 12.0 Å². The van der Waals surface area contributed by atoms with Crippen LogP contribution in [0.2, 0.25) is 0 Å². The summed E-state index contributed by atoms with van der Waals surface area (Å²) in [6.45, 7) is 5.59. The number of nitrogens with one attached hydrogen (secondary N) is 1. The number of hydrogen-bond acceptors (Lipinski definition) is 3. The molecule has 0 fully saturated rings. The van der Waals surface area contributed by atoms with E-state index in [-0.39, 0.29) is 18.6 Å². The molecule has 0 saturated heterocycles. The second kappa shape index (κ2) is 11.0. The number of carbonyl (C=O) groups is 1. The Bertz CT molecular complexity index is 1040. The number of rotatable bonds is 8. The molecule has 0 aliphatic heterocycles. The molecule has 0 bridgehead atoms. The first kappa shape index (κ1) is 23.6. The van der Waals surface area contributed by atoms with E-state index in [1.54, 1.807) is 0 Å². The van der Waals surface area contributed by atoms with E-state index < -0.39 is 11.7 Å². The minimum Gasteiger partial charge on any atom is -0.444 e. The minimum absolute atomic E-state index is 0.0306. The fourth-order valence-corrected chi connectivity index (χ4v) is 3.65. The molecule has 2 atom stereocenters. The standard InChI is InChI=1S/C28H33NO3/c1-28(2,3)32-27(31)29-26(16-14-23(20-30)17-21-9-5-4-6-10-21)19-22-13-15-24-11-7-8-12-25(24)18-22/h4-16,18,23,26,30H,17,19-20H2,1-3H3,(H,29,31)/b16-14+. The SMILES string of the molecule is CC(C)(C)OC(=O)NC(/C=C/C(CO)Cc1ccccc1)Cc1ccc2ccccc2c1. The number of benzene rings is 3. The van der Waals surface area contributed by atoms with Crippen molar-refractivity contribution in [3.63, 3.8) is 0 Å². The van der Waals surface area contributed by atoms with E-state index in [1.807, 2.05) is 63.3 Å². The van der Waals surface area contributed by atoms with Crippen LogP contribution in [0, 0.1) is 5.92 Å². The zero-order chi connectivity index (χ0) is 23.0. The average Bonchev–Trinajstić information content (AvgIpc) is 2.75. The van der Waals surface area contributed by atoms with Gasteiger partial charge in [-0.2, -0.15) is 0 Å². The topological polar surface area (TPSA) is 58.6 Å². The van der Waals surface area contributed by atoms with Crippen LogP contribution in [-0.4, -0.2) is 29.4 Å². The first-order valence-electron chi connectivity index (χ1n) is 11.1. The predicted octanol–water partition coefficient (Wildman–Crippen LogP) is 5.68. The lowest BCUT2D eigenvalue weighted by Gasteiger charge is -2.23. The Kier molecular flexibility index (Phi) is 8.07. The number of alkyl carbamates (subject to hydrolysis) is 1. The molecule has 0 aromatic heterocycles. The van der Waals surface area contributed by atoms with Gasteiger partial charge in [-0.15, -0.1) is 0 Å². The summed E-state index contributed by atoms with van der Waals surface area (Å²) in [5.74, 6) is -0.0306. The Hall–Kier alpha value is -3.11. The molecule has 3 aromatic rings. The number of hydrogen-bond donors (Lipinski definition) is 2. The van der Waals surface area contributed by atoms with Gasteiger partial charge in [-0.1, -0.05) is 84.9 Å². The van der Waals surface area contributed by atoms with Crippen LogP contribution in [0.4, 0.5) is 4.79 Å². The van der Waals surface area contributed by atoms with Crippen LogP contribution in [0.15, 0.2) is 84.9 Å². The molecule has 0 aliphatic rings. The van der Waals surface area contributed by atoms with Gasteiger partial charge in [0.25, 0.3) is 0 Å². The summed E-state index contributed by atoms with van der Waals surface area (Å²) in [6, 6.07) is 24.4. The summed E-state index contributed by atoms with van der Waals surface area (Å²) in [5.41, 5.74) is 1.72. The van der Waals surface area contributed by atoms with Gasteiger partial charge in [0.2, 0.25) is 0 Å². The van der Waals surface area contributed by atoms with Crippen LogP contribution in [0.5, 0.6) is 0 Å². The van der Waals surface area contributed by atoms with Gasteiger partial charge < -0.3 is 15.2 Å². The summed E-state index contributed by atoms with van der Waals surface area (Å²) in [4.78, 5) is 12.5. The highest BCUT2D eigenvalue weighted by Crippen LogP contribution is 2.18. The molecule has 4 heteroatoms. The van der Waals surface area contributed by atoms with Crippen molar-refractivity contribution >= 4 is 16.9 Å². The molecule has 0 aliphatic carbocycles. The van der Waals surface area contributed by atoms with E-state index >= 15 is 0 Å². The van der Waals surface area contributed by atoms with Crippen LogP contribution in [-0.2, 0) is 17.6 Å². The van der Waals surface area contributed by atoms with E-state index in [4.69, 9.17) is 4.74 Å². The van der Waals surface area contributed by atoms with Crippen molar-refractivity contribution in [1.29, 1.82) is 0 Å². The molecule has 2 N–H and O–H groups in total. The Morgan fingerprint density at radius 2 is 1.59 bits per heavy atom. The van der Waals surface area contributed by atoms with Crippen LogP contribution in [0.3, 0.4) is 0 Å². The second-order valence-corrected chi connectivity index (χ2v) is 9.16. The first-order chi connectivity index (χ1) is 15.3. The predicted molar refractivity (Wildman–Crippen MR) is 131 cm³/mol. The molecule has 168 valence electrons. The maximum atomic E-state index is 12.5. The third-order valence-corrected chi connectivity index (χ3v) is 5.16.